The minimum atomic E-state index is -1.01. The van der Waals surface area contributed by atoms with Crippen LogP contribution in [0.5, 0.6) is 0 Å². The van der Waals surface area contributed by atoms with Gasteiger partial charge in [-0.2, -0.15) is 0 Å². The molecule has 3 heterocycles. The highest BCUT2D eigenvalue weighted by atomic mass is 16.5. The lowest BCUT2D eigenvalue weighted by atomic mass is 9.97. The fraction of sp³-hybridized carbons (Fsp3) is 0.375. The number of hydrogen-bond acceptors (Lipinski definition) is 6. The van der Waals surface area contributed by atoms with Crippen LogP contribution in [0.3, 0.4) is 0 Å². The van der Waals surface area contributed by atoms with Crippen molar-refractivity contribution in [2.45, 2.75) is 45.2 Å². The van der Waals surface area contributed by atoms with Gasteiger partial charge in [0.15, 0.2) is 5.69 Å². The predicted molar refractivity (Wildman–Crippen MR) is 125 cm³/mol. The van der Waals surface area contributed by atoms with Gasteiger partial charge in [0.2, 0.25) is 11.8 Å². The fourth-order valence-corrected chi connectivity index (χ4v) is 3.81. The average Bonchev–Trinajstić information content (AvgIpc) is 3.42. The number of aromatic nitrogens is 2. The first-order valence-corrected chi connectivity index (χ1v) is 10.9. The molecule has 0 radical (unpaired) electrons. The van der Waals surface area contributed by atoms with Crippen LogP contribution >= 0.6 is 0 Å². The average molecular weight is 466 g/mol. The number of pyridine rings is 1. The predicted octanol–water partition coefficient (Wildman–Crippen LogP) is 1.55. The van der Waals surface area contributed by atoms with Gasteiger partial charge in [0.05, 0.1) is 0 Å². The van der Waals surface area contributed by atoms with Gasteiger partial charge in [-0.1, -0.05) is 17.3 Å². The fourth-order valence-electron chi connectivity index (χ4n) is 3.81. The molecule has 3 amide bonds. The number of rotatable bonds is 9. The maximum atomic E-state index is 13.2. The van der Waals surface area contributed by atoms with Crippen molar-refractivity contribution in [3.8, 4) is 12.3 Å². The number of hydrogen-bond donors (Lipinski definition) is 3. The Morgan fingerprint density at radius 3 is 2.85 bits per heavy atom. The third kappa shape index (κ3) is 5.81. The van der Waals surface area contributed by atoms with Gasteiger partial charge in [0.25, 0.3) is 11.5 Å². The molecule has 2 unspecified atom stereocenters. The van der Waals surface area contributed by atoms with E-state index in [-0.39, 0.29) is 29.6 Å². The van der Waals surface area contributed by atoms with Crippen LogP contribution in [0, 0.1) is 25.2 Å². The molecule has 1 aliphatic heterocycles. The SMILES string of the molecule is C#CC[C@@H](C(=O)NC(/C=C/C)CC1CCNC1=O)n1cccc(NC(=O)c2cc(C)on2)c1=O. The molecule has 10 heteroatoms. The van der Waals surface area contributed by atoms with Gasteiger partial charge >= 0.3 is 0 Å². The summed E-state index contributed by atoms with van der Waals surface area (Å²) < 4.78 is 6.08. The summed E-state index contributed by atoms with van der Waals surface area (Å²) in [6.45, 7) is 4.07. The Kier molecular flexibility index (Phi) is 8.03. The summed E-state index contributed by atoms with van der Waals surface area (Å²) in [4.78, 5) is 50.6. The van der Waals surface area contributed by atoms with E-state index < -0.39 is 29.5 Å². The zero-order valence-electron chi connectivity index (χ0n) is 19.0. The molecule has 1 aliphatic rings. The standard InChI is InChI=1S/C24H27N5O5/c1-4-7-17(14-16-10-11-25-21(16)30)26-23(32)20(8-5-2)29-12-6-9-18(24(29)33)27-22(31)19-13-15(3)34-28-19/h2,4,6-7,9,12-13,16-17,20H,8,10-11,14H2,1,3H3,(H,25,30)(H,26,32)(H,27,31)/b7-4+/t16?,17?,20-/m0/s1. The molecule has 1 saturated heterocycles. The van der Waals surface area contributed by atoms with Crippen molar-refractivity contribution in [2.75, 3.05) is 11.9 Å². The Labute approximate surface area is 196 Å². The zero-order chi connectivity index (χ0) is 24.7. The highest BCUT2D eigenvalue weighted by Crippen LogP contribution is 2.18. The van der Waals surface area contributed by atoms with Gasteiger partial charge in [-0.25, -0.2) is 0 Å². The summed E-state index contributed by atoms with van der Waals surface area (Å²) in [5.74, 6) is 1.57. The van der Waals surface area contributed by atoms with Crippen LogP contribution in [0.1, 0.15) is 48.5 Å². The largest absolute Gasteiger partial charge is 0.361 e. The molecule has 0 aliphatic carbocycles. The molecule has 0 saturated carbocycles. The van der Waals surface area contributed by atoms with Gasteiger partial charge in [-0.05, 0) is 38.8 Å². The second-order valence-electron chi connectivity index (χ2n) is 7.99. The summed E-state index contributed by atoms with van der Waals surface area (Å²) in [6, 6.07) is 3.00. The Bertz CT molecular complexity index is 1190. The van der Waals surface area contributed by atoms with Gasteiger partial charge < -0.3 is 25.0 Å². The van der Waals surface area contributed by atoms with E-state index >= 15 is 0 Å². The number of amides is 3. The van der Waals surface area contributed by atoms with Crippen molar-refractivity contribution in [1.82, 2.24) is 20.4 Å². The molecular weight excluding hydrogens is 438 g/mol. The van der Waals surface area contributed by atoms with E-state index in [1.54, 1.807) is 19.1 Å². The molecule has 2 aromatic heterocycles. The van der Waals surface area contributed by atoms with E-state index in [0.29, 0.717) is 25.1 Å². The lowest BCUT2D eigenvalue weighted by molar-refractivity contribution is -0.126. The van der Waals surface area contributed by atoms with Crippen molar-refractivity contribution in [2.24, 2.45) is 5.92 Å². The first-order chi connectivity index (χ1) is 16.3. The normalized spacial score (nSPS) is 17.1. The lowest BCUT2D eigenvalue weighted by Crippen LogP contribution is -2.43. The van der Waals surface area contributed by atoms with E-state index in [1.807, 2.05) is 6.92 Å². The highest BCUT2D eigenvalue weighted by molar-refractivity contribution is 6.02. The number of aryl methyl sites for hydroxylation is 1. The van der Waals surface area contributed by atoms with E-state index in [4.69, 9.17) is 10.9 Å². The van der Waals surface area contributed by atoms with E-state index in [1.165, 1.54) is 29.0 Å². The number of carbonyl (C=O) groups is 3. The molecule has 34 heavy (non-hydrogen) atoms. The highest BCUT2D eigenvalue weighted by Gasteiger charge is 2.29. The van der Waals surface area contributed by atoms with Crippen LogP contribution in [0.2, 0.25) is 0 Å². The van der Waals surface area contributed by atoms with Gasteiger partial charge in [0, 0.05) is 37.2 Å². The number of nitrogens with zero attached hydrogens (tertiary/aromatic N) is 2. The van der Waals surface area contributed by atoms with Crippen LogP contribution in [-0.4, -0.2) is 40.0 Å². The van der Waals surface area contributed by atoms with Crippen LogP contribution < -0.4 is 21.5 Å². The van der Waals surface area contributed by atoms with Crippen LogP contribution in [0.15, 0.2) is 45.9 Å². The minimum Gasteiger partial charge on any atom is -0.361 e. The van der Waals surface area contributed by atoms with Gasteiger partial charge in [-0.15, -0.1) is 12.3 Å². The monoisotopic (exact) mass is 465 g/mol. The number of anilines is 1. The Balaban J connectivity index is 1.80. The molecule has 3 atom stereocenters. The van der Waals surface area contributed by atoms with Crippen molar-refractivity contribution in [3.63, 3.8) is 0 Å². The van der Waals surface area contributed by atoms with Crippen molar-refractivity contribution in [1.29, 1.82) is 0 Å². The Morgan fingerprint density at radius 2 is 2.24 bits per heavy atom. The van der Waals surface area contributed by atoms with Crippen molar-refractivity contribution >= 4 is 23.4 Å². The van der Waals surface area contributed by atoms with Crippen LogP contribution in [-0.2, 0) is 9.59 Å². The molecule has 3 N–H and O–H groups in total. The molecule has 0 aromatic carbocycles. The maximum Gasteiger partial charge on any atom is 0.278 e. The molecule has 0 bridgehead atoms. The Morgan fingerprint density at radius 1 is 1.44 bits per heavy atom. The maximum absolute atomic E-state index is 13.2. The topological polar surface area (TPSA) is 135 Å². The van der Waals surface area contributed by atoms with Crippen molar-refractivity contribution < 1.29 is 18.9 Å². The molecule has 178 valence electrons. The Hall–Kier alpha value is -4.13. The second kappa shape index (κ2) is 11.1. The first kappa shape index (κ1) is 24.5. The van der Waals surface area contributed by atoms with E-state index in [0.717, 1.165) is 0 Å². The summed E-state index contributed by atoms with van der Waals surface area (Å²) in [5, 5.41) is 11.8. The molecule has 2 aromatic rings. The minimum absolute atomic E-state index is 0.0235. The number of terminal acetylenes is 1. The molecule has 3 rings (SSSR count). The van der Waals surface area contributed by atoms with Crippen molar-refractivity contribution in [3.05, 3.63) is 58.4 Å². The molecule has 10 nitrogen and oxygen atoms in total. The molecular formula is C24H27N5O5. The first-order valence-electron chi connectivity index (χ1n) is 10.9. The molecule has 0 spiro atoms. The van der Waals surface area contributed by atoms with Gasteiger partial charge in [-0.3, -0.25) is 19.2 Å². The summed E-state index contributed by atoms with van der Waals surface area (Å²) >= 11 is 0. The number of allylic oxidation sites excluding steroid dienone is 1. The molecule has 1 fully saturated rings. The van der Waals surface area contributed by atoms with Gasteiger partial charge in [0.1, 0.15) is 17.5 Å². The zero-order valence-corrected chi connectivity index (χ0v) is 19.0. The second-order valence-corrected chi connectivity index (χ2v) is 7.99. The van der Waals surface area contributed by atoms with Crippen LogP contribution in [0.25, 0.3) is 0 Å². The smallest absolute Gasteiger partial charge is 0.278 e. The summed E-state index contributed by atoms with van der Waals surface area (Å²) in [6.07, 6.45) is 11.6. The van der Waals surface area contributed by atoms with E-state index in [9.17, 15) is 19.2 Å². The summed E-state index contributed by atoms with van der Waals surface area (Å²) in [5.41, 5.74) is -0.602. The lowest BCUT2D eigenvalue weighted by Gasteiger charge is -2.23. The third-order valence-electron chi connectivity index (χ3n) is 5.49. The van der Waals surface area contributed by atoms with E-state index in [2.05, 4.69) is 27.0 Å². The quantitative estimate of drug-likeness (QED) is 0.380. The number of nitrogens with one attached hydrogen (secondary N) is 3. The summed E-state index contributed by atoms with van der Waals surface area (Å²) in [7, 11) is 0. The third-order valence-corrected chi connectivity index (χ3v) is 5.49. The number of carbonyl (C=O) groups excluding carboxylic acids is 3. The van der Waals surface area contributed by atoms with Crippen LogP contribution in [0.4, 0.5) is 5.69 Å².